The molecule has 1 aliphatic heterocycles. The van der Waals surface area contributed by atoms with E-state index < -0.39 is 21.8 Å². The lowest BCUT2D eigenvalue weighted by atomic mass is 10.1. The van der Waals surface area contributed by atoms with Crippen LogP contribution in [0.25, 0.3) is 0 Å². The molecule has 0 aliphatic carbocycles. The number of amides is 3. The van der Waals surface area contributed by atoms with E-state index in [4.69, 9.17) is 0 Å². The third kappa shape index (κ3) is 7.05. The lowest BCUT2D eigenvalue weighted by Crippen LogP contribution is -2.30. The van der Waals surface area contributed by atoms with Gasteiger partial charge in [-0.3, -0.25) is 14.4 Å². The molecule has 1 aliphatic rings. The third-order valence-corrected chi connectivity index (χ3v) is 7.46. The predicted molar refractivity (Wildman–Crippen MR) is 146 cm³/mol. The number of carbonyl (C=O) groups is 3. The molecule has 3 aromatic carbocycles. The lowest BCUT2D eigenvalue weighted by Gasteiger charge is -2.16. The second kappa shape index (κ2) is 12.3. The van der Waals surface area contributed by atoms with Crippen LogP contribution in [0.2, 0.25) is 0 Å². The average molecular weight is 550 g/mol. The van der Waals surface area contributed by atoms with Gasteiger partial charge in [-0.1, -0.05) is 24.3 Å². The molecule has 3 amide bonds. The van der Waals surface area contributed by atoms with Crippen molar-refractivity contribution in [3.63, 3.8) is 0 Å². The number of likely N-dealkylation sites (tertiary alicyclic amines) is 1. The molecule has 0 bridgehead atoms. The number of carbonyl (C=O) groups excluding carboxylic acids is 3. The first kappa shape index (κ1) is 27.5. The molecular weight excluding hydrogens is 522 g/mol. The predicted octanol–water partition coefficient (Wildman–Crippen LogP) is 3.88. The van der Waals surface area contributed by atoms with Gasteiger partial charge in [0.1, 0.15) is 5.69 Å². The molecule has 4 rings (SSSR count). The Morgan fingerprint density at radius 3 is 2.41 bits per heavy atom. The van der Waals surface area contributed by atoms with Gasteiger partial charge in [0.2, 0.25) is 5.91 Å². The Bertz CT molecular complexity index is 1490. The fourth-order valence-electron chi connectivity index (χ4n) is 4.11. The van der Waals surface area contributed by atoms with E-state index in [2.05, 4.69) is 15.8 Å². The molecule has 202 valence electrons. The molecule has 0 unspecified atom stereocenters. The van der Waals surface area contributed by atoms with Gasteiger partial charge < -0.3 is 15.5 Å². The zero-order valence-corrected chi connectivity index (χ0v) is 21.7. The molecule has 0 radical (unpaired) electrons. The fraction of sp³-hybridized carbons (Fsp3) is 0.222. The van der Waals surface area contributed by atoms with Crippen LogP contribution in [0, 0.1) is 4.91 Å². The largest absolute Gasteiger partial charge is 0.383 e. The van der Waals surface area contributed by atoms with E-state index in [-0.39, 0.29) is 33.3 Å². The Balaban J connectivity index is 1.36. The summed E-state index contributed by atoms with van der Waals surface area (Å²) in [5.74, 6) is -1.25. The topological polar surface area (TPSA) is 154 Å². The molecule has 1 saturated heterocycles. The molecule has 0 spiro atoms. The molecule has 0 atom stereocenters. The van der Waals surface area contributed by atoms with Gasteiger partial charge in [0.25, 0.3) is 21.8 Å². The summed E-state index contributed by atoms with van der Waals surface area (Å²) >= 11 is 0. The molecule has 11 nitrogen and oxygen atoms in total. The fourth-order valence-corrected chi connectivity index (χ4v) is 5.11. The average Bonchev–Trinajstić information content (AvgIpc) is 3.35. The standard InChI is InChI=1S/C27H27N5O6S/c33-25-11-5-15-32(25)16-6-14-28-23-13-12-20(18-24(23)30-36)26(34)29-21-8-4-7-19(17-21)27(35)31-39(37,38)22-9-2-1-3-10-22/h1-4,7-10,12-13,17-18,28H,5-6,11,14-16H2,(H,29,34)(H,31,35). The Labute approximate surface area is 225 Å². The number of nitrogens with zero attached hydrogens (tertiary/aromatic N) is 2. The van der Waals surface area contributed by atoms with E-state index in [0.29, 0.717) is 31.6 Å². The van der Waals surface area contributed by atoms with Gasteiger partial charge in [-0.25, -0.2) is 13.1 Å². The second-order valence-corrected chi connectivity index (χ2v) is 10.6. The van der Waals surface area contributed by atoms with Crippen molar-refractivity contribution in [3.8, 4) is 0 Å². The quantitative estimate of drug-likeness (QED) is 0.242. The monoisotopic (exact) mass is 549 g/mol. The van der Waals surface area contributed by atoms with E-state index in [9.17, 15) is 27.7 Å². The van der Waals surface area contributed by atoms with E-state index in [1.165, 1.54) is 42.5 Å². The van der Waals surface area contributed by atoms with Crippen molar-refractivity contribution in [1.29, 1.82) is 0 Å². The number of benzene rings is 3. The molecule has 1 heterocycles. The summed E-state index contributed by atoms with van der Waals surface area (Å²) in [5.41, 5.74) is 0.966. The lowest BCUT2D eigenvalue weighted by molar-refractivity contribution is -0.127. The SMILES string of the molecule is O=Nc1cc(C(=O)Nc2cccc(C(=O)NS(=O)(=O)c3ccccc3)c2)ccc1NCCCN1CCCC1=O. The maximum atomic E-state index is 12.8. The maximum Gasteiger partial charge on any atom is 0.265 e. The van der Waals surface area contributed by atoms with Gasteiger partial charge in [0.15, 0.2) is 0 Å². The molecule has 3 aromatic rings. The second-order valence-electron chi connectivity index (χ2n) is 8.87. The zero-order chi connectivity index (χ0) is 27.8. The highest BCUT2D eigenvalue weighted by Gasteiger charge is 2.20. The summed E-state index contributed by atoms with van der Waals surface area (Å²) in [6.45, 7) is 1.92. The Hall–Kier alpha value is -4.58. The van der Waals surface area contributed by atoms with Gasteiger partial charge in [-0.2, -0.15) is 0 Å². The number of anilines is 2. The van der Waals surface area contributed by atoms with E-state index >= 15 is 0 Å². The highest BCUT2D eigenvalue weighted by molar-refractivity contribution is 7.90. The summed E-state index contributed by atoms with van der Waals surface area (Å²) in [5, 5.41) is 8.77. The number of nitrogens with one attached hydrogen (secondary N) is 3. The summed E-state index contributed by atoms with van der Waals surface area (Å²) in [6.07, 6.45) is 2.16. The summed E-state index contributed by atoms with van der Waals surface area (Å²) in [6, 6.07) is 17.7. The van der Waals surface area contributed by atoms with Crippen molar-refractivity contribution in [1.82, 2.24) is 9.62 Å². The first-order valence-electron chi connectivity index (χ1n) is 12.3. The number of hydrogen-bond acceptors (Lipinski definition) is 8. The van der Waals surface area contributed by atoms with Crippen molar-refractivity contribution in [2.75, 3.05) is 30.3 Å². The van der Waals surface area contributed by atoms with Crippen molar-refractivity contribution in [2.45, 2.75) is 24.2 Å². The van der Waals surface area contributed by atoms with Gasteiger partial charge >= 0.3 is 0 Å². The molecule has 3 N–H and O–H groups in total. The van der Waals surface area contributed by atoms with Gasteiger partial charge in [0, 0.05) is 42.9 Å². The van der Waals surface area contributed by atoms with E-state index in [1.807, 2.05) is 9.62 Å². The number of rotatable bonds is 11. The highest BCUT2D eigenvalue weighted by Crippen LogP contribution is 2.27. The molecular formula is C27H27N5O6S. The molecule has 12 heteroatoms. The zero-order valence-electron chi connectivity index (χ0n) is 20.9. The molecule has 39 heavy (non-hydrogen) atoms. The minimum absolute atomic E-state index is 0.0257. The van der Waals surface area contributed by atoms with Crippen LogP contribution >= 0.6 is 0 Å². The number of nitroso groups, excluding NO2 is 1. The Morgan fingerprint density at radius 1 is 0.923 bits per heavy atom. The highest BCUT2D eigenvalue weighted by atomic mass is 32.2. The van der Waals surface area contributed by atoms with Gasteiger partial charge in [0.05, 0.1) is 10.6 Å². The van der Waals surface area contributed by atoms with Crippen molar-refractivity contribution in [2.24, 2.45) is 5.18 Å². The van der Waals surface area contributed by atoms with Crippen LogP contribution in [0.15, 0.2) is 82.9 Å². The molecule has 0 aromatic heterocycles. The molecule has 0 saturated carbocycles. The minimum Gasteiger partial charge on any atom is -0.383 e. The van der Waals surface area contributed by atoms with Crippen molar-refractivity contribution < 1.29 is 22.8 Å². The van der Waals surface area contributed by atoms with E-state index in [1.54, 1.807) is 30.3 Å². The van der Waals surface area contributed by atoms with Crippen LogP contribution < -0.4 is 15.4 Å². The summed E-state index contributed by atoms with van der Waals surface area (Å²) in [7, 11) is -4.06. The third-order valence-electron chi connectivity index (χ3n) is 6.11. The number of sulfonamides is 1. The first-order chi connectivity index (χ1) is 18.8. The van der Waals surface area contributed by atoms with Crippen LogP contribution in [-0.2, 0) is 14.8 Å². The number of hydrogen-bond donors (Lipinski definition) is 3. The Morgan fingerprint density at radius 2 is 1.69 bits per heavy atom. The van der Waals surface area contributed by atoms with Crippen molar-refractivity contribution in [3.05, 3.63) is 88.8 Å². The summed E-state index contributed by atoms with van der Waals surface area (Å²) < 4.78 is 26.9. The smallest absolute Gasteiger partial charge is 0.265 e. The van der Waals surface area contributed by atoms with Gasteiger partial charge in [-0.05, 0) is 66.5 Å². The van der Waals surface area contributed by atoms with Crippen molar-refractivity contribution >= 4 is 44.8 Å². The normalized spacial score (nSPS) is 13.1. The van der Waals surface area contributed by atoms with Gasteiger partial charge in [-0.15, -0.1) is 4.91 Å². The maximum absolute atomic E-state index is 12.8. The van der Waals surface area contributed by atoms with Crippen LogP contribution in [0.3, 0.4) is 0 Å². The minimum atomic E-state index is -4.06. The van der Waals surface area contributed by atoms with E-state index in [0.717, 1.165) is 13.0 Å². The first-order valence-corrected chi connectivity index (χ1v) is 13.8. The van der Waals surface area contributed by atoms with Crippen LogP contribution in [0.4, 0.5) is 17.1 Å². The van der Waals surface area contributed by atoms with Crippen LogP contribution in [0.1, 0.15) is 40.0 Å². The van der Waals surface area contributed by atoms with Crippen LogP contribution in [0.5, 0.6) is 0 Å². The molecule has 1 fully saturated rings. The summed E-state index contributed by atoms with van der Waals surface area (Å²) in [4.78, 5) is 50.3. The Kier molecular flexibility index (Phi) is 8.67. The van der Waals surface area contributed by atoms with Crippen LogP contribution in [-0.4, -0.2) is 50.7 Å².